The van der Waals surface area contributed by atoms with E-state index in [2.05, 4.69) is 22.0 Å². The maximum Gasteiger partial charge on any atom is 0.254 e. The quantitative estimate of drug-likeness (QED) is 0.678. The monoisotopic (exact) mass is 397 g/mol. The van der Waals surface area contributed by atoms with Gasteiger partial charge >= 0.3 is 0 Å². The molecular weight excluding hydrogens is 382 g/mol. The Morgan fingerprint density at radius 3 is 2.72 bits per heavy atom. The fraction of sp³-hybridized carbons (Fsp3) is 0.400. The molecule has 3 aromatic heterocycles. The van der Waals surface area contributed by atoms with Gasteiger partial charge < -0.3 is 0 Å². The van der Waals surface area contributed by atoms with Gasteiger partial charge in [0.25, 0.3) is 10.0 Å². The van der Waals surface area contributed by atoms with Crippen molar-refractivity contribution in [3.8, 4) is 0 Å². The van der Waals surface area contributed by atoms with Gasteiger partial charge in [-0.3, -0.25) is 0 Å². The van der Waals surface area contributed by atoms with Gasteiger partial charge in [0.15, 0.2) is 14.3 Å². The van der Waals surface area contributed by atoms with Crippen molar-refractivity contribution in [1.82, 2.24) is 23.9 Å². The van der Waals surface area contributed by atoms with Crippen LogP contribution in [0.25, 0.3) is 5.65 Å². The lowest BCUT2D eigenvalue weighted by Gasteiger charge is -2.31. The van der Waals surface area contributed by atoms with E-state index in [9.17, 15) is 8.42 Å². The number of halogens is 1. The number of nitrogens with zero attached hydrogens (tertiary/aromatic N) is 5. The first-order valence-electron chi connectivity index (χ1n) is 7.86. The summed E-state index contributed by atoms with van der Waals surface area (Å²) in [4.78, 5) is 8.03. The SMILES string of the molecule is Cc1cc2ncnn2cc1C1CCN(S(=O)(=O)c2cnc(Cl)s2)CC1. The highest BCUT2D eigenvalue weighted by Gasteiger charge is 2.32. The Morgan fingerprint density at radius 2 is 2.04 bits per heavy atom. The van der Waals surface area contributed by atoms with Gasteiger partial charge in [0.05, 0.1) is 6.20 Å². The van der Waals surface area contributed by atoms with Crippen molar-refractivity contribution in [2.75, 3.05) is 13.1 Å². The van der Waals surface area contributed by atoms with Gasteiger partial charge in [-0.2, -0.15) is 9.40 Å². The zero-order chi connectivity index (χ0) is 17.6. The Labute approximate surface area is 154 Å². The highest BCUT2D eigenvalue weighted by Crippen LogP contribution is 2.34. The molecule has 25 heavy (non-hydrogen) atoms. The van der Waals surface area contributed by atoms with Crippen LogP contribution in [-0.2, 0) is 10.0 Å². The molecule has 1 saturated heterocycles. The Balaban J connectivity index is 1.53. The number of pyridine rings is 1. The largest absolute Gasteiger partial charge is 0.254 e. The lowest BCUT2D eigenvalue weighted by molar-refractivity contribution is 0.319. The van der Waals surface area contributed by atoms with E-state index in [1.807, 2.05) is 12.3 Å². The summed E-state index contributed by atoms with van der Waals surface area (Å²) in [5, 5.41) is 4.19. The molecule has 0 bridgehead atoms. The molecule has 4 rings (SSSR count). The molecule has 0 N–H and O–H groups in total. The number of piperidine rings is 1. The molecule has 0 spiro atoms. The Bertz CT molecular complexity index is 1020. The van der Waals surface area contributed by atoms with Crippen molar-refractivity contribution < 1.29 is 8.42 Å². The summed E-state index contributed by atoms with van der Waals surface area (Å²) >= 11 is 6.77. The number of aryl methyl sites for hydroxylation is 1. The minimum absolute atomic E-state index is 0.205. The third-order valence-electron chi connectivity index (χ3n) is 4.61. The number of sulfonamides is 1. The fourth-order valence-electron chi connectivity index (χ4n) is 3.29. The first-order chi connectivity index (χ1) is 11.9. The summed E-state index contributed by atoms with van der Waals surface area (Å²) in [7, 11) is -3.51. The molecule has 0 atom stereocenters. The summed E-state index contributed by atoms with van der Waals surface area (Å²) in [6.07, 6.45) is 6.42. The lowest BCUT2D eigenvalue weighted by Crippen LogP contribution is -2.37. The van der Waals surface area contributed by atoms with Crippen LogP contribution in [0.3, 0.4) is 0 Å². The van der Waals surface area contributed by atoms with Gasteiger partial charge in [0.1, 0.15) is 6.33 Å². The van der Waals surface area contributed by atoms with Gasteiger partial charge in [0.2, 0.25) is 0 Å². The maximum atomic E-state index is 12.7. The molecule has 7 nitrogen and oxygen atoms in total. The number of hydrogen-bond acceptors (Lipinski definition) is 6. The predicted molar refractivity (Wildman–Crippen MR) is 95.6 cm³/mol. The number of thiazole rings is 1. The maximum absolute atomic E-state index is 12.7. The van der Waals surface area contributed by atoms with Crippen molar-refractivity contribution >= 4 is 38.6 Å². The van der Waals surface area contributed by atoms with Crippen LogP contribution in [0.2, 0.25) is 4.47 Å². The third kappa shape index (κ3) is 3.05. The van der Waals surface area contributed by atoms with Gasteiger partial charge in [-0.05, 0) is 42.9 Å². The van der Waals surface area contributed by atoms with E-state index in [1.165, 1.54) is 22.4 Å². The third-order valence-corrected chi connectivity index (χ3v) is 8.06. The average molecular weight is 398 g/mol. The van der Waals surface area contributed by atoms with E-state index in [0.29, 0.717) is 19.0 Å². The minimum Gasteiger partial charge on any atom is -0.232 e. The van der Waals surface area contributed by atoms with Crippen molar-refractivity contribution in [2.24, 2.45) is 0 Å². The Kier molecular flexibility index (Phi) is 4.27. The van der Waals surface area contributed by atoms with Crippen LogP contribution < -0.4 is 0 Å². The summed E-state index contributed by atoms with van der Waals surface area (Å²) in [5.74, 6) is 0.310. The fourth-order valence-corrected chi connectivity index (χ4v) is 6.21. The summed E-state index contributed by atoms with van der Waals surface area (Å²) in [6, 6.07) is 2.02. The summed E-state index contributed by atoms with van der Waals surface area (Å²) in [5.41, 5.74) is 3.19. The Hall–Kier alpha value is -1.55. The molecule has 0 amide bonds. The standard InChI is InChI=1S/C15H16ClN5O2S2/c1-10-6-13-18-9-19-21(13)8-12(10)11-2-4-20(5-3-11)25(22,23)14-7-17-15(16)24-14/h6-9,11H,2-5H2,1H3. The van der Waals surface area contributed by atoms with Gasteiger partial charge in [0, 0.05) is 19.3 Å². The Morgan fingerprint density at radius 1 is 1.28 bits per heavy atom. The number of fused-ring (bicyclic) bond motifs is 1. The van der Waals surface area contributed by atoms with Gasteiger partial charge in [-0.1, -0.05) is 22.9 Å². The molecule has 10 heteroatoms. The van der Waals surface area contributed by atoms with Crippen molar-refractivity contribution in [3.63, 3.8) is 0 Å². The molecular formula is C15H16ClN5O2S2. The number of aromatic nitrogens is 4. The highest BCUT2D eigenvalue weighted by molar-refractivity contribution is 7.91. The van der Waals surface area contributed by atoms with E-state index in [-0.39, 0.29) is 8.68 Å². The highest BCUT2D eigenvalue weighted by atomic mass is 35.5. The number of rotatable bonds is 3. The van der Waals surface area contributed by atoms with Crippen molar-refractivity contribution in [1.29, 1.82) is 0 Å². The molecule has 0 aromatic carbocycles. The van der Waals surface area contributed by atoms with Crippen LogP contribution in [-0.4, -0.2) is 45.4 Å². The van der Waals surface area contributed by atoms with Crippen LogP contribution in [0.5, 0.6) is 0 Å². The number of hydrogen-bond donors (Lipinski definition) is 0. The second kappa shape index (κ2) is 6.31. The van der Waals surface area contributed by atoms with Crippen molar-refractivity contribution in [3.05, 3.63) is 40.4 Å². The molecule has 0 saturated carbocycles. The molecule has 132 valence electrons. The molecule has 1 aliphatic heterocycles. The normalized spacial score (nSPS) is 17.4. The van der Waals surface area contributed by atoms with E-state index in [0.717, 1.165) is 35.4 Å². The van der Waals surface area contributed by atoms with Crippen LogP contribution >= 0.6 is 22.9 Å². The van der Waals surface area contributed by atoms with Gasteiger partial charge in [-0.15, -0.1) is 0 Å². The van der Waals surface area contributed by atoms with Crippen LogP contribution in [0.1, 0.15) is 29.9 Å². The molecule has 4 heterocycles. The molecule has 0 aliphatic carbocycles. The minimum atomic E-state index is -3.51. The molecule has 1 fully saturated rings. The van der Waals surface area contributed by atoms with E-state index in [4.69, 9.17) is 11.6 Å². The second-order valence-corrected chi connectivity index (χ2v) is 9.86. The summed E-state index contributed by atoms with van der Waals surface area (Å²) in [6.45, 7) is 3.03. The molecule has 3 aromatic rings. The van der Waals surface area contributed by atoms with E-state index >= 15 is 0 Å². The molecule has 0 unspecified atom stereocenters. The molecule has 1 aliphatic rings. The average Bonchev–Trinajstić information content (AvgIpc) is 3.23. The lowest BCUT2D eigenvalue weighted by atomic mass is 9.89. The summed E-state index contributed by atoms with van der Waals surface area (Å²) < 4.78 is 29.1. The molecule has 0 radical (unpaired) electrons. The second-order valence-electron chi connectivity index (χ2n) is 6.09. The van der Waals surface area contributed by atoms with Gasteiger partial charge in [-0.25, -0.2) is 22.9 Å². The first-order valence-corrected chi connectivity index (χ1v) is 10.5. The van der Waals surface area contributed by atoms with Crippen molar-refractivity contribution in [2.45, 2.75) is 29.9 Å². The van der Waals surface area contributed by atoms with Crippen LogP contribution in [0.4, 0.5) is 0 Å². The zero-order valence-electron chi connectivity index (χ0n) is 13.5. The zero-order valence-corrected chi connectivity index (χ0v) is 15.9. The van der Waals surface area contributed by atoms with E-state index in [1.54, 1.807) is 4.52 Å². The van der Waals surface area contributed by atoms with Crippen LogP contribution in [0.15, 0.2) is 29.0 Å². The van der Waals surface area contributed by atoms with E-state index < -0.39 is 10.0 Å². The smallest absolute Gasteiger partial charge is 0.232 e. The first kappa shape index (κ1) is 16.9. The topological polar surface area (TPSA) is 80.5 Å². The van der Waals surface area contributed by atoms with Crippen LogP contribution in [0, 0.1) is 6.92 Å². The predicted octanol–water partition coefficient (Wildman–Crippen LogP) is 2.72.